The number of rotatable bonds is 8. The number of carbonyl (C=O) groups is 2. The third-order valence-corrected chi connectivity index (χ3v) is 16.0. The minimum Gasteiger partial charge on any atom is -0.460 e. The van der Waals surface area contributed by atoms with E-state index in [0.29, 0.717) is 68.1 Å². The molecule has 54 heavy (non-hydrogen) atoms. The molecule has 10 heterocycles. The second kappa shape index (κ2) is 16.4. The van der Waals surface area contributed by atoms with Crippen LogP contribution >= 0.6 is 45.3 Å². The number of carbonyl (C=O) groups excluding carboxylic acids is 2. The molecule has 0 saturated carbocycles. The predicted octanol–water partition coefficient (Wildman–Crippen LogP) is 4.99. The molecule has 4 bridgehead atoms. The molecule has 6 aliphatic heterocycles. The summed E-state index contributed by atoms with van der Waals surface area (Å²) in [4.78, 5) is 30.9. The number of quaternary nitrogens is 1. The van der Waals surface area contributed by atoms with Crippen LogP contribution in [-0.2, 0) is 105 Å². The number of aliphatic hydroxyl groups is 2. The van der Waals surface area contributed by atoms with Crippen LogP contribution in [0.2, 0.25) is 0 Å². The molecule has 6 fully saturated rings. The molecule has 8 unspecified atom stereocenters. The molecule has 0 amide bonds. The van der Waals surface area contributed by atoms with Crippen molar-refractivity contribution in [3.05, 3.63) is 97.0 Å². The summed E-state index contributed by atoms with van der Waals surface area (Å²) in [5, 5.41) is 30.1. The van der Waals surface area contributed by atoms with E-state index >= 15 is 0 Å². The SMILES string of the molecule is CN1C2CC(OC(=O)C(O)(c3cccs3)c3cccs3)CC1C1OC12.C[N+]1(C)C2CC(OC(=O)C(O)(c3cccs3)c3cccs3)CC1C1OC12.[CH3-].[Y].[Y]. The minimum atomic E-state index is -1.72. The fourth-order valence-corrected chi connectivity index (χ4v) is 12.6. The fourth-order valence-electron chi connectivity index (χ4n) is 9.15. The van der Waals surface area contributed by atoms with Crippen LogP contribution in [0.15, 0.2) is 70.1 Å². The molecule has 10 rings (SSSR count). The van der Waals surface area contributed by atoms with Gasteiger partial charge in [0.05, 0.1) is 33.6 Å². The van der Waals surface area contributed by atoms with Crippen molar-refractivity contribution in [1.29, 1.82) is 0 Å². The monoisotopic (exact) mass is 962 g/mol. The molecule has 8 atom stereocenters. The maximum absolute atomic E-state index is 13.1. The van der Waals surface area contributed by atoms with Gasteiger partial charge in [-0.15, -0.1) is 45.3 Å². The molecule has 4 aromatic heterocycles. The summed E-state index contributed by atoms with van der Waals surface area (Å²) in [5.41, 5.74) is -3.44. The third-order valence-electron chi connectivity index (χ3n) is 12.1. The Bertz CT molecular complexity index is 1770. The van der Waals surface area contributed by atoms with Gasteiger partial charge in [0.2, 0.25) is 11.2 Å². The maximum atomic E-state index is 13.1. The number of nitrogens with zero attached hydrogens (tertiary/aromatic N) is 2. The van der Waals surface area contributed by atoms with Crippen molar-refractivity contribution in [2.45, 2.75) is 97.7 Å². The molecule has 6 aliphatic rings. The van der Waals surface area contributed by atoms with Crippen LogP contribution in [0.3, 0.4) is 0 Å². The van der Waals surface area contributed by atoms with Gasteiger partial charge >= 0.3 is 11.9 Å². The summed E-state index contributed by atoms with van der Waals surface area (Å²) in [7, 11) is 6.61. The van der Waals surface area contributed by atoms with Crippen LogP contribution < -0.4 is 0 Å². The Kier molecular flexibility index (Phi) is 13.1. The molecule has 16 heteroatoms. The van der Waals surface area contributed by atoms with Crippen LogP contribution in [0.5, 0.6) is 0 Å². The van der Waals surface area contributed by atoms with Crippen molar-refractivity contribution in [2.24, 2.45) is 0 Å². The van der Waals surface area contributed by atoms with Crippen LogP contribution in [0.1, 0.15) is 45.2 Å². The number of hydrogen-bond acceptors (Lipinski definition) is 13. The Labute approximate surface area is 382 Å². The zero-order valence-corrected chi connectivity index (χ0v) is 39.5. The molecule has 2 radical (unpaired) electrons. The number of hydrogen-bond donors (Lipinski definition) is 2. The molecule has 10 nitrogen and oxygen atoms in total. The van der Waals surface area contributed by atoms with Gasteiger partial charge in [-0.05, 0) is 52.8 Å². The number of likely N-dealkylation sites (N-methyl/N-ethyl adjacent to an activating group) is 2. The Morgan fingerprint density at radius 2 is 1.00 bits per heavy atom. The first kappa shape index (κ1) is 43.3. The summed E-state index contributed by atoms with van der Waals surface area (Å²) in [5.74, 6) is -1.13. The van der Waals surface area contributed by atoms with E-state index in [9.17, 15) is 19.8 Å². The van der Waals surface area contributed by atoms with Crippen LogP contribution in [-0.4, -0.2) is 113 Å². The number of morpholine rings is 2. The van der Waals surface area contributed by atoms with E-state index in [1.165, 1.54) is 45.3 Å². The zero-order chi connectivity index (χ0) is 35.3. The normalized spacial score (nSPS) is 32.2. The Hall–Kier alpha value is -0.292. The average Bonchev–Trinajstić information content (AvgIpc) is 3.57. The summed E-state index contributed by atoms with van der Waals surface area (Å²) in [6, 6.07) is 15.9. The second-order valence-electron chi connectivity index (χ2n) is 15.0. The summed E-state index contributed by atoms with van der Waals surface area (Å²) >= 11 is 5.48. The minimum absolute atomic E-state index is 0. The smallest absolute Gasteiger partial charge is 0.349 e. The van der Waals surface area contributed by atoms with Crippen molar-refractivity contribution in [3.63, 3.8) is 0 Å². The molecular formula is C38H44N2O8S4Y2. The summed E-state index contributed by atoms with van der Waals surface area (Å²) in [6.45, 7) is 0. The predicted molar refractivity (Wildman–Crippen MR) is 200 cm³/mol. The maximum Gasteiger partial charge on any atom is 0.349 e. The number of thiophene rings is 4. The van der Waals surface area contributed by atoms with Gasteiger partial charge in [0.15, 0.2) is 0 Å². The number of fused-ring (bicyclic) bond motifs is 10. The van der Waals surface area contributed by atoms with Gasteiger partial charge < -0.3 is 41.1 Å². The van der Waals surface area contributed by atoms with Gasteiger partial charge in [-0.1, -0.05) is 24.3 Å². The van der Waals surface area contributed by atoms with Crippen molar-refractivity contribution in [3.8, 4) is 0 Å². The van der Waals surface area contributed by atoms with Gasteiger partial charge in [0.1, 0.15) is 48.7 Å². The Morgan fingerprint density at radius 1 is 0.667 bits per heavy atom. The number of epoxide rings is 2. The largest absolute Gasteiger partial charge is 0.460 e. The van der Waals surface area contributed by atoms with Gasteiger partial charge in [-0.3, -0.25) is 4.90 Å². The molecule has 2 N–H and O–H groups in total. The van der Waals surface area contributed by atoms with Crippen LogP contribution in [0.4, 0.5) is 0 Å². The topological polar surface area (TPSA) is 121 Å². The van der Waals surface area contributed by atoms with E-state index in [1.54, 1.807) is 24.3 Å². The Morgan fingerprint density at radius 3 is 1.33 bits per heavy atom. The third kappa shape index (κ3) is 7.22. The van der Waals surface area contributed by atoms with E-state index in [0.717, 1.165) is 30.2 Å². The van der Waals surface area contributed by atoms with Gasteiger partial charge in [-0.25, -0.2) is 9.59 Å². The molecule has 284 valence electrons. The summed E-state index contributed by atoms with van der Waals surface area (Å²) in [6.07, 6.45) is 4.02. The number of ether oxygens (including phenoxy) is 4. The quantitative estimate of drug-likeness (QED) is 0.109. The molecule has 0 spiro atoms. The van der Waals surface area contributed by atoms with E-state index in [4.69, 9.17) is 18.9 Å². The van der Waals surface area contributed by atoms with E-state index in [1.807, 2.05) is 45.8 Å². The first-order valence-electron chi connectivity index (χ1n) is 17.4. The van der Waals surface area contributed by atoms with Crippen molar-refractivity contribution in [1.82, 2.24) is 4.90 Å². The van der Waals surface area contributed by atoms with Gasteiger partial charge in [0, 0.05) is 103 Å². The average molecular weight is 963 g/mol. The van der Waals surface area contributed by atoms with Gasteiger partial charge in [0.25, 0.3) is 0 Å². The number of piperidine rings is 2. The van der Waals surface area contributed by atoms with E-state index in [2.05, 4.69) is 26.0 Å². The fraction of sp³-hybridized carbons (Fsp3) is 0.500. The van der Waals surface area contributed by atoms with Crippen LogP contribution in [0, 0.1) is 7.43 Å². The van der Waals surface area contributed by atoms with Crippen molar-refractivity contribution >= 4 is 57.3 Å². The first-order valence-corrected chi connectivity index (χ1v) is 20.9. The molecular weight excluding hydrogens is 919 g/mol. The van der Waals surface area contributed by atoms with Crippen LogP contribution in [0.25, 0.3) is 0 Å². The molecule has 0 aliphatic carbocycles. The second-order valence-corrected chi connectivity index (χ2v) is 18.8. The Balaban J connectivity index is 0.000000175. The molecule has 0 aromatic carbocycles. The van der Waals surface area contributed by atoms with E-state index in [-0.39, 0.29) is 85.1 Å². The molecule has 4 aromatic rings. The van der Waals surface area contributed by atoms with Gasteiger partial charge in [-0.2, -0.15) is 0 Å². The van der Waals surface area contributed by atoms with Crippen molar-refractivity contribution < 1.29 is 109 Å². The standard InChI is InChI=1S/C19H22NO4S2.C18H19NO4S2.CH3.2Y/c1-20(2)12-9-11(10-13(20)17-16(12)24-17)23-18(21)19(22,14-5-3-7-25-14)15-6-4-8-26-15;1-19-11-8-10(9-12(19)16-15(11)23-16)22-17(20)18(21,13-4-2-6-24-13)14-5-3-7-25-14;;;/h3-8,11-13,16-17,22H,9-10H2,1-2H3;2-7,10-12,15-16,21H,8-9H2,1H3;1H3;;/q+1;;-1;;. The zero-order valence-electron chi connectivity index (χ0n) is 30.6. The molecule has 6 saturated heterocycles. The number of esters is 2. The first-order chi connectivity index (χ1) is 24.5. The van der Waals surface area contributed by atoms with E-state index < -0.39 is 23.1 Å². The summed E-state index contributed by atoms with van der Waals surface area (Å²) < 4.78 is 24.2. The van der Waals surface area contributed by atoms with Crippen molar-refractivity contribution in [2.75, 3.05) is 21.1 Å².